The predicted molar refractivity (Wildman–Crippen MR) is 47.8 cm³/mol. The molecule has 2 N–H and O–H groups in total. The lowest BCUT2D eigenvalue weighted by Gasteiger charge is -2.07. The number of ether oxygens (including phenoxy) is 2. The van der Waals surface area contributed by atoms with Crippen molar-refractivity contribution in [3.05, 3.63) is 0 Å². The molecule has 0 saturated heterocycles. The summed E-state index contributed by atoms with van der Waals surface area (Å²) in [5, 5.41) is 13.5. The molecule has 0 aromatic rings. The van der Waals surface area contributed by atoms with Gasteiger partial charge in [0.05, 0.1) is 0 Å². The fraction of sp³-hybridized carbons (Fsp3) is 0.429. The summed E-state index contributed by atoms with van der Waals surface area (Å²) >= 11 is 0. The van der Waals surface area contributed by atoms with E-state index < -0.39 is 37.6 Å². The van der Waals surface area contributed by atoms with Gasteiger partial charge in [0.2, 0.25) is 0 Å². The topological polar surface area (TPSA) is 127 Å². The standard InChI is InChI=1S/C5H6F2O4.2CHFO2/c1-3(11-5(7)9)2-10-4(6)8;2*2-1(3)4/h3H,2H2,1H3;2*(H,3,4). The molecule has 0 aromatic carbocycles. The summed E-state index contributed by atoms with van der Waals surface area (Å²) in [6.45, 7) is 0.755. The Morgan fingerprint density at radius 1 is 0.947 bits per heavy atom. The largest absolute Gasteiger partial charge is 0.495 e. The fourth-order valence-electron chi connectivity index (χ4n) is 0.375. The van der Waals surface area contributed by atoms with Crippen molar-refractivity contribution in [3.63, 3.8) is 0 Å². The monoisotopic (exact) mass is 296 g/mol. The normalized spacial score (nSPS) is 9.53. The van der Waals surface area contributed by atoms with Crippen LogP contribution in [0, 0.1) is 0 Å². The highest BCUT2D eigenvalue weighted by Gasteiger charge is 2.10. The third-order valence-electron chi connectivity index (χ3n) is 0.725. The molecule has 0 aromatic heterocycles. The number of carboxylic acid groups (broad SMARTS) is 2. The van der Waals surface area contributed by atoms with Gasteiger partial charge in [-0.2, -0.15) is 0 Å². The van der Waals surface area contributed by atoms with Crippen LogP contribution in [-0.4, -0.2) is 47.8 Å². The Morgan fingerprint density at radius 3 is 1.47 bits per heavy atom. The Balaban J connectivity index is -0.000000264. The van der Waals surface area contributed by atoms with Gasteiger partial charge in [-0.15, -0.1) is 17.6 Å². The highest BCUT2D eigenvalue weighted by Crippen LogP contribution is 1.95. The minimum Gasteiger partial charge on any atom is -0.456 e. The first kappa shape index (κ1) is 21.8. The zero-order valence-corrected chi connectivity index (χ0v) is 9.14. The van der Waals surface area contributed by atoms with Crippen LogP contribution in [0.15, 0.2) is 0 Å². The number of carbonyl (C=O) groups is 4. The van der Waals surface area contributed by atoms with Crippen molar-refractivity contribution in [2.45, 2.75) is 13.0 Å². The lowest BCUT2D eigenvalue weighted by molar-refractivity contribution is 0.0333. The molecule has 12 heteroatoms. The maximum absolute atomic E-state index is 11.4. The van der Waals surface area contributed by atoms with E-state index in [0.717, 1.165) is 0 Å². The third kappa shape index (κ3) is 66.2. The van der Waals surface area contributed by atoms with Crippen molar-refractivity contribution in [2.75, 3.05) is 6.61 Å². The smallest absolute Gasteiger partial charge is 0.456 e. The molecule has 1 atom stereocenters. The van der Waals surface area contributed by atoms with Crippen molar-refractivity contribution in [2.24, 2.45) is 0 Å². The summed E-state index contributed by atoms with van der Waals surface area (Å²) < 4.78 is 50.1. The van der Waals surface area contributed by atoms with Crippen molar-refractivity contribution < 1.29 is 56.4 Å². The van der Waals surface area contributed by atoms with Crippen molar-refractivity contribution in [3.8, 4) is 0 Å². The van der Waals surface area contributed by atoms with Crippen LogP contribution >= 0.6 is 0 Å². The quantitative estimate of drug-likeness (QED) is 0.601. The van der Waals surface area contributed by atoms with Gasteiger partial charge in [0.15, 0.2) is 0 Å². The van der Waals surface area contributed by atoms with Gasteiger partial charge in [-0.3, -0.25) is 0 Å². The Hall–Kier alpha value is -2.40. The maximum atomic E-state index is 11.4. The van der Waals surface area contributed by atoms with Crippen LogP contribution in [0.4, 0.5) is 36.7 Å². The first-order valence-corrected chi connectivity index (χ1v) is 3.94. The van der Waals surface area contributed by atoms with Crippen LogP contribution in [0.25, 0.3) is 0 Å². The molecule has 0 radical (unpaired) electrons. The maximum Gasteiger partial charge on any atom is 0.495 e. The van der Waals surface area contributed by atoms with E-state index in [1.165, 1.54) is 6.92 Å². The van der Waals surface area contributed by atoms with Crippen LogP contribution in [0.1, 0.15) is 6.92 Å². The number of carbonyl (C=O) groups excluding carboxylic acids is 2. The Bertz CT molecular complexity index is 287. The zero-order chi connectivity index (χ0) is 16.0. The second kappa shape index (κ2) is 13.7. The fourth-order valence-corrected chi connectivity index (χ4v) is 0.375. The van der Waals surface area contributed by atoms with E-state index in [9.17, 15) is 27.2 Å². The van der Waals surface area contributed by atoms with Crippen LogP contribution in [0.5, 0.6) is 0 Å². The van der Waals surface area contributed by atoms with E-state index >= 15 is 0 Å². The van der Waals surface area contributed by atoms with E-state index in [2.05, 4.69) is 9.47 Å². The molecular formula is C7H8F4O8. The molecule has 1 unspecified atom stereocenters. The third-order valence-corrected chi connectivity index (χ3v) is 0.725. The Kier molecular flexibility index (Phi) is 15.7. The number of hydrogen-bond acceptors (Lipinski definition) is 6. The first-order valence-electron chi connectivity index (χ1n) is 3.94. The molecule has 19 heavy (non-hydrogen) atoms. The van der Waals surface area contributed by atoms with E-state index in [1.807, 2.05) is 0 Å². The summed E-state index contributed by atoms with van der Waals surface area (Å²) in [6, 6.07) is 0. The Morgan fingerprint density at radius 2 is 1.26 bits per heavy atom. The minimum atomic E-state index is -2.33. The summed E-state index contributed by atoms with van der Waals surface area (Å²) in [5.74, 6) is 0. The van der Waals surface area contributed by atoms with Gasteiger partial charge in [0.1, 0.15) is 12.7 Å². The van der Waals surface area contributed by atoms with E-state index in [-0.39, 0.29) is 0 Å². The second-order valence-electron chi connectivity index (χ2n) is 2.22. The van der Waals surface area contributed by atoms with Gasteiger partial charge < -0.3 is 19.7 Å². The van der Waals surface area contributed by atoms with Gasteiger partial charge in [-0.05, 0) is 6.92 Å². The zero-order valence-electron chi connectivity index (χ0n) is 9.14. The summed E-state index contributed by atoms with van der Waals surface area (Å²) in [7, 11) is 0. The van der Waals surface area contributed by atoms with Gasteiger partial charge >= 0.3 is 24.9 Å². The average Bonchev–Trinajstić information content (AvgIpc) is 2.11. The summed E-state index contributed by atoms with van der Waals surface area (Å²) in [4.78, 5) is 35.8. The summed E-state index contributed by atoms with van der Waals surface area (Å²) in [6.07, 6.45) is -9.63. The lowest BCUT2D eigenvalue weighted by atomic mass is 10.4. The van der Waals surface area contributed by atoms with Gasteiger partial charge in [-0.1, -0.05) is 0 Å². The lowest BCUT2D eigenvalue weighted by Crippen LogP contribution is -2.18. The van der Waals surface area contributed by atoms with Crippen LogP contribution in [0.2, 0.25) is 0 Å². The van der Waals surface area contributed by atoms with Crippen LogP contribution < -0.4 is 0 Å². The average molecular weight is 296 g/mol. The van der Waals surface area contributed by atoms with Crippen LogP contribution in [0.3, 0.4) is 0 Å². The number of hydrogen-bond donors (Lipinski definition) is 2. The van der Waals surface area contributed by atoms with E-state index in [4.69, 9.17) is 19.8 Å². The van der Waals surface area contributed by atoms with Gasteiger partial charge in [0.25, 0.3) is 0 Å². The minimum absolute atomic E-state index is 0.495. The molecule has 0 aliphatic heterocycles. The molecule has 0 fully saturated rings. The molecule has 112 valence electrons. The molecule has 0 aliphatic rings. The van der Waals surface area contributed by atoms with Gasteiger partial charge in [0, 0.05) is 0 Å². The Labute approximate surface area is 102 Å². The molecule has 0 saturated carbocycles. The molecular weight excluding hydrogens is 288 g/mol. The van der Waals surface area contributed by atoms with E-state index in [1.54, 1.807) is 0 Å². The van der Waals surface area contributed by atoms with Crippen LogP contribution in [-0.2, 0) is 9.47 Å². The molecule has 0 amide bonds. The molecule has 0 aliphatic carbocycles. The van der Waals surface area contributed by atoms with Gasteiger partial charge in [-0.25, -0.2) is 19.2 Å². The second-order valence-corrected chi connectivity index (χ2v) is 2.22. The summed E-state index contributed by atoms with van der Waals surface area (Å²) in [5.41, 5.74) is 0. The van der Waals surface area contributed by atoms with Crippen molar-refractivity contribution in [1.82, 2.24) is 0 Å². The number of rotatable bonds is 3. The SMILES string of the molecule is CC(COC(=O)F)OC(=O)F.O=C(O)F.O=C(O)F. The predicted octanol–water partition coefficient (Wildman–Crippen LogP) is 2.85. The molecule has 0 heterocycles. The molecule has 0 rings (SSSR count). The van der Waals surface area contributed by atoms with Crippen molar-refractivity contribution in [1.29, 1.82) is 0 Å². The molecule has 0 bridgehead atoms. The first-order chi connectivity index (χ1) is 8.48. The highest BCUT2D eigenvalue weighted by molar-refractivity contribution is 5.59. The number of halogens is 4. The highest BCUT2D eigenvalue weighted by atomic mass is 19.2. The van der Waals surface area contributed by atoms with Crippen molar-refractivity contribution >= 4 is 24.9 Å². The van der Waals surface area contributed by atoms with E-state index in [0.29, 0.717) is 0 Å². The molecule has 0 spiro atoms. The molecule has 8 nitrogen and oxygen atoms in total.